The Hall–Kier alpha value is -1.82. The van der Waals surface area contributed by atoms with E-state index in [1.165, 1.54) is 6.07 Å². The molecule has 2 atom stereocenters. The summed E-state index contributed by atoms with van der Waals surface area (Å²) in [6, 6.07) is 0.961. The average molecular weight is 255 g/mol. The number of hydrogen-bond donors (Lipinski definition) is 4. The zero-order chi connectivity index (χ0) is 13.4. The molecule has 2 rings (SSSR count). The fraction of sp³-hybridized carbons (Fsp3) is 0.417. The van der Waals surface area contributed by atoms with Gasteiger partial charge in [0.1, 0.15) is 0 Å². The van der Waals surface area contributed by atoms with Gasteiger partial charge in [0.2, 0.25) is 0 Å². The Labute approximate surface area is 103 Å². The molecule has 0 bridgehead atoms. The summed E-state index contributed by atoms with van der Waals surface area (Å²) in [5.74, 6) is -3.66. The molecule has 0 aromatic heterocycles. The Morgan fingerprint density at radius 2 is 2.11 bits per heavy atom. The van der Waals surface area contributed by atoms with Crippen LogP contribution in [-0.2, 0) is 4.79 Å². The normalized spacial score (nSPS) is 23.2. The number of hydrogen-bond acceptors (Lipinski definition) is 4. The number of nitrogens with one attached hydrogen (secondary N) is 1. The Morgan fingerprint density at radius 1 is 1.44 bits per heavy atom. The van der Waals surface area contributed by atoms with Crippen LogP contribution < -0.4 is 5.32 Å². The Bertz CT molecular complexity index is 503. The largest absolute Gasteiger partial charge is 0.504 e. The van der Waals surface area contributed by atoms with Crippen LogP contribution in [0.15, 0.2) is 6.07 Å². The molecule has 98 valence electrons. The highest BCUT2D eigenvalue weighted by Gasteiger charge is 2.32. The van der Waals surface area contributed by atoms with Crippen molar-refractivity contribution in [1.29, 1.82) is 0 Å². The van der Waals surface area contributed by atoms with Gasteiger partial charge in [-0.25, -0.2) is 4.39 Å². The SMILES string of the molecule is Cc1cc(C2CC(C(=O)O)CN2)c(F)c(O)c1O. The fourth-order valence-corrected chi connectivity index (χ4v) is 2.21. The van der Waals surface area contributed by atoms with Crippen LogP contribution in [0, 0.1) is 18.7 Å². The fourth-order valence-electron chi connectivity index (χ4n) is 2.21. The molecule has 1 aromatic rings. The molecule has 1 aliphatic rings. The quantitative estimate of drug-likeness (QED) is 0.598. The molecule has 1 aromatic carbocycles. The van der Waals surface area contributed by atoms with Crippen LogP contribution in [0.2, 0.25) is 0 Å². The molecule has 18 heavy (non-hydrogen) atoms. The molecule has 4 N–H and O–H groups in total. The number of carboxylic acid groups (broad SMARTS) is 1. The number of aromatic hydroxyl groups is 2. The van der Waals surface area contributed by atoms with Crippen LogP contribution in [0.5, 0.6) is 11.5 Å². The number of carbonyl (C=O) groups is 1. The van der Waals surface area contributed by atoms with Crippen LogP contribution >= 0.6 is 0 Å². The van der Waals surface area contributed by atoms with Gasteiger partial charge in [-0.3, -0.25) is 4.79 Å². The Morgan fingerprint density at radius 3 is 2.67 bits per heavy atom. The lowest BCUT2D eigenvalue weighted by atomic mass is 9.97. The summed E-state index contributed by atoms with van der Waals surface area (Å²) in [5.41, 5.74) is 0.538. The number of aliphatic carboxylic acids is 1. The third kappa shape index (κ3) is 1.99. The lowest BCUT2D eigenvalue weighted by Crippen LogP contribution is -2.17. The van der Waals surface area contributed by atoms with Crippen molar-refractivity contribution in [2.24, 2.45) is 5.92 Å². The van der Waals surface area contributed by atoms with Gasteiger partial charge >= 0.3 is 5.97 Å². The van der Waals surface area contributed by atoms with Crippen molar-refractivity contribution in [3.8, 4) is 11.5 Å². The Kier molecular flexibility index (Phi) is 3.13. The first-order valence-corrected chi connectivity index (χ1v) is 5.59. The lowest BCUT2D eigenvalue weighted by Gasteiger charge is -2.14. The van der Waals surface area contributed by atoms with Gasteiger partial charge < -0.3 is 20.6 Å². The number of rotatable bonds is 2. The van der Waals surface area contributed by atoms with Crippen molar-refractivity contribution in [1.82, 2.24) is 5.32 Å². The zero-order valence-corrected chi connectivity index (χ0v) is 9.77. The van der Waals surface area contributed by atoms with E-state index >= 15 is 0 Å². The molecule has 0 radical (unpaired) electrons. The van der Waals surface area contributed by atoms with Gasteiger partial charge in [0, 0.05) is 18.2 Å². The van der Waals surface area contributed by atoms with Gasteiger partial charge in [0.15, 0.2) is 17.3 Å². The maximum absolute atomic E-state index is 13.8. The highest BCUT2D eigenvalue weighted by atomic mass is 19.1. The summed E-state index contributed by atoms with van der Waals surface area (Å²) in [7, 11) is 0. The standard InChI is InChI=1S/C12H14FNO4/c1-5-2-7(9(13)11(16)10(5)15)8-3-6(4-14-8)12(17)18/h2,6,8,14-16H,3-4H2,1H3,(H,17,18). The van der Waals surface area contributed by atoms with Crippen molar-refractivity contribution in [3.05, 3.63) is 23.0 Å². The van der Waals surface area contributed by atoms with E-state index in [4.69, 9.17) is 5.11 Å². The summed E-state index contributed by atoms with van der Waals surface area (Å²) in [5, 5.41) is 30.6. The number of phenols is 2. The molecule has 0 amide bonds. The summed E-state index contributed by atoms with van der Waals surface area (Å²) < 4.78 is 13.8. The molecule has 2 unspecified atom stereocenters. The Balaban J connectivity index is 2.33. The maximum atomic E-state index is 13.8. The van der Waals surface area contributed by atoms with Crippen LogP contribution in [0.3, 0.4) is 0 Å². The smallest absolute Gasteiger partial charge is 0.307 e. The molecule has 0 spiro atoms. The van der Waals surface area contributed by atoms with Gasteiger partial charge in [-0.1, -0.05) is 0 Å². The van der Waals surface area contributed by atoms with E-state index in [1.807, 2.05) is 0 Å². The highest BCUT2D eigenvalue weighted by Crippen LogP contribution is 2.38. The van der Waals surface area contributed by atoms with E-state index in [9.17, 15) is 19.4 Å². The van der Waals surface area contributed by atoms with Crippen LogP contribution in [0.25, 0.3) is 0 Å². The predicted molar refractivity (Wildman–Crippen MR) is 61.0 cm³/mol. The minimum Gasteiger partial charge on any atom is -0.504 e. The average Bonchev–Trinajstić information content (AvgIpc) is 2.80. The molecule has 0 saturated carbocycles. The molecule has 6 heteroatoms. The van der Waals surface area contributed by atoms with Gasteiger partial charge in [-0.05, 0) is 25.0 Å². The second-order valence-corrected chi connectivity index (χ2v) is 4.53. The maximum Gasteiger partial charge on any atom is 0.307 e. The minimum atomic E-state index is -0.926. The third-order valence-corrected chi connectivity index (χ3v) is 3.29. The molecule has 1 aliphatic heterocycles. The second kappa shape index (κ2) is 4.45. The first kappa shape index (κ1) is 12.6. The lowest BCUT2D eigenvalue weighted by molar-refractivity contribution is -0.141. The van der Waals surface area contributed by atoms with Crippen molar-refractivity contribution in [2.75, 3.05) is 6.54 Å². The zero-order valence-electron chi connectivity index (χ0n) is 9.77. The summed E-state index contributed by atoms with van der Waals surface area (Å²) in [6.07, 6.45) is 0.260. The topological polar surface area (TPSA) is 89.8 Å². The van der Waals surface area contributed by atoms with Gasteiger partial charge in [0.25, 0.3) is 0 Å². The molecular formula is C12H14FNO4. The number of benzene rings is 1. The third-order valence-electron chi connectivity index (χ3n) is 3.29. The van der Waals surface area contributed by atoms with E-state index in [1.54, 1.807) is 6.92 Å². The molecular weight excluding hydrogens is 241 g/mol. The number of halogens is 1. The van der Waals surface area contributed by atoms with E-state index in [0.29, 0.717) is 5.56 Å². The van der Waals surface area contributed by atoms with Crippen molar-refractivity contribution < 1.29 is 24.5 Å². The molecule has 0 aliphatic carbocycles. The first-order valence-electron chi connectivity index (χ1n) is 5.59. The first-order chi connectivity index (χ1) is 8.41. The molecule has 1 fully saturated rings. The minimum absolute atomic E-state index is 0.187. The predicted octanol–water partition coefficient (Wildman–Crippen LogP) is 1.28. The number of phenolic OH excluding ortho intramolecular Hbond substituents is 2. The van der Waals surface area contributed by atoms with E-state index in [-0.39, 0.29) is 18.5 Å². The second-order valence-electron chi connectivity index (χ2n) is 4.53. The van der Waals surface area contributed by atoms with E-state index in [0.717, 1.165) is 0 Å². The van der Waals surface area contributed by atoms with E-state index < -0.39 is 35.2 Å². The van der Waals surface area contributed by atoms with Crippen LogP contribution in [-0.4, -0.2) is 27.8 Å². The summed E-state index contributed by atoms with van der Waals surface area (Å²) in [6.45, 7) is 1.81. The van der Waals surface area contributed by atoms with Crippen LogP contribution in [0.4, 0.5) is 4.39 Å². The molecule has 1 saturated heterocycles. The van der Waals surface area contributed by atoms with Gasteiger partial charge in [-0.2, -0.15) is 0 Å². The van der Waals surface area contributed by atoms with Crippen molar-refractivity contribution in [3.63, 3.8) is 0 Å². The summed E-state index contributed by atoms with van der Waals surface area (Å²) >= 11 is 0. The van der Waals surface area contributed by atoms with Crippen molar-refractivity contribution >= 4 is 5.97 Å². The van der Waals surface area contributed by atoms with Gasteiger partial charge in [0.05, 0.1) is 5.92 Å². The van der Waals surface area contributed by atoms with Gasteiger partial charge in [-0.15, -0.1) is 0 Å². The van der Waals surface area contributed by atoms with Crippen LogP contribution in [0.1, 0.15) is 23.6 Å². The van der Waals surface area contributed by atoms with Crippen molar-refractivity contribution in [2.45, 2.75) is 19.4 Å². The molecule has 5 nitrogen and oxygen atoms in total. The highest BCUT2D eigenvalue weighted by molar-refractivity contribution is 5.71. The molecule has 1 heterocycles. The monoisotopic (exact) mass is 255 g/mol. The number of aryl methyl sites for hydroxylation is 1. The summed E-state index contributed by atoms with van der Waals surface area (Å²) in [4.78, 5) is 10.8. The number of carboxylic acids is 1. The van der Waals surface area contributed by atoms with E-state index in [2.05, 4.69) is 5.32 Å².